The van der Waals surface area contributed by atoms with Crippen molar-refractivity contribution in [2.24, 2.45) is 7.05 Å². The van der Waals surface area contributed by atoms with E-state index in [0.29, 0.717) is 34.0 Å². The summed E-state index contributed by atoms with van der Waals surface area (Å²) in [5.74, 6) is 1.52. The van der Waals surface area contributed by atoms with E-state index in [9.17, 15) is 13.2 Å². The number of halogens is 3. The molecule has 0 amide bonds. The molecule has 4 aromatic rings. The van der Waals surface area contributed by atoms with Gasteiger partial charge in [-0.15, -0.1) is 12.8 Å². The molecule has 4 aromatic heterocycles. The fourth-order valence-electron chi connectivity index (χ4n) is 4.70. The molecule has 0 aromatic carbocycles. The summed E-state index contributed by atoms with van der Waals surface area (Å²) < 4.78 is 41.7. The average molecular weight is 480 g/mol. The molecule has 2 N–H and O–H groups in total. The van der Waals surface area contributed by atoms with Crippen LogP contribution >= 0.6 is 0 Å². The lowest BCUT2D eigenvalue weighted by atomic mass is 10.1. The smallest absolute Gasteiger partial charge is 0.365 e. The Morgan fingerprint density at radius 1 is 1.14 bits per heavy atom. The summed E-state index contributed by atoms with van der Waals surface area (Å²) in [6, 6.07) is 3.02. The molecule has 1 aliphatic heterocycles. The van der Waals surface area contributed by atoms with Crippen LogP contribution in [0.4, 0.5) is 19.0 Å². The fraction of sp³-hybridized carbons (Fsp3) is 0.360. The molecule has 10 heteroatoms. The third-order valence-corrected chi connectivity index (χ3v) is 6.52. The first kappa shape index (κ1) is 23.1. The molecular formula is C25H24F3N7. The SMILES string of the molecule is C#C.Cn1c(C(F)(F)F)cc2c(-c3nc(NC4CCNC4)c4c(C5CC5)cncc4n3)ccnc21. The number of nitrogens with zero attached hydrogens (tertiary/aromatic N) is 5. The van der Waals surface area contributed by atoms with Crippen LogP contribution in [0.15, 0.2) is 30.7 Å². The number of hydrogen-bond donors (Lipinski definition) is 2. The predicted octanol–water partition coefficient (Wildman–Crippen LogP) is 4.50. The van der Waals surface area contributed by atoms with Gasteiger partial charge >= 0.3 is 6.18 Å². The molecule has 6 rings (SSSR count). The van der Waals surface area contributed by atoms with E-state index in [-0.39, 0.29) is 11.7 Å². The van der Waals surface area contributed by atoms with E-state index in [1.807, 2.05) is 6.20 Å². The second kappa shape index (κ2) is 8.82. The topological polar surface area (TPSA) is 80.5 Å². The van der Waals surface area contributed by atoms with Crippen LogP contribution in [-0.4, -0.2) is 43.6 Å². The first-order valence-corrected chi connectivity index (χ1v) is 11.4. The highest BCUT2D eigenvalue weighted by atomic mass is 19.4. The van der Waals surface area contributed by atoms with Crippen molar-refractivity contribution in [3.05, 3.63) is 42.0 Å². The molecule has 1 saturated carbocycles. The Morgan fingerprint density at radius 2 is 1.94 bits per heavy atom. The van der Waals surface area contributed by atoms with Crippen LogP contribution in [0.5, 0.6) is 0 Å². The Morgan fingerprint density at radius 3 is 2.63 bits per heavy atom. The van der Waals surface area contributed by atoms with Crippen molar-refractivity contribution in [3.63, 3.8) is 0 Å². The summed E-state index contributed by atoms with van der Waals surface area (Å²) in [6.45, 7) is 1.76. The quantitative estimate of drug-likeness (QED) is 0.420. The first-order chi connectivity index (χ1) is 16.9. The Labute approximate surface area is 200 Å². The maximum Gasteiger partial charge on any atom is 0.431 e. The van der Waals surface area contributed by atoms with Crippen LogP contribution in [-0.2, 0) is 13.2 Å². The van der Waals surface area contributed by atoms with E-state index in [0.717, 1.165) is 53.9 Å². The highest BCUT2D eigenvalue weighted by Gasteiger charge is 2.35. The van der Waals surface area contributed by atoms with Crippen molar-refractivity contribution < 1.29 is 13.2 Å². The summed E-state index contributed by atoms with van der Waals surface area (Å²) in [5, 5.41) is 8.23. The Kier molecular flexibility index (Phi) is 5.81. The lowest BCUT2D eigenvalue weighted by molar-refractivity contribution is -0.142. The molecule has 2 aliphatic rings. The van der Waals surface area contributed by atoms with Crippen LogP contribution in [0.3, 0.4) is 0 Å². The summed E-state index contributed by atoms with van der Waals surface area (Å²) in [4.78, 5) is 18.2. The molecule has 0 radical (unpaired) electrons. The molecule has 1 saturated heterocycles. The molecule has 1 atom stereocenters. The average Bonchev–Trinajstić information content (AvgIpc) is 3.46. The van der Waals surface area contributed by atoms with Crippen molar-refractivity contribution in [1.29, 1.82) is 0 Å². The second-order valence-corrected chi connectivity index (χ2v) is 8.81. The third-order valence-electron chi connectivity index (χ3n) is 6.52. The number of alkyl halides is 3. The van der Waals surface area contributed by atoms with Crippen LogP contribution < -0.4 is 10.6 Å². The van der Waals surface area contributed by atoms with Crippen LogP contribution in [0, 0.1) is 12.8 Å². The minimum atomic E-state index is -4.48. The van der Waals surface area contributed by atoms with E-state index in [4.69, 9.17) is 9.97 Å². The van der Waals surface area contributed by atoms with Gasteiger partial charge in [0.2, 0.25) is 0 Å². The Bertz CT molecular complexity index is 1410. The maximum absolute atomic E-state index is 13.5. The molecular weight excluding hydrogens is 455 g/mol. The van der Waals surface area contributed by atoms with Gasteiger partial charge in [-0.05, 0) is 49.4 Å². The summed E-state index contributed by atoms with van der Waals surface area (Å²) in [5.41, 5.74) is 1.81. The fourth-order valence-corrected chi connectivity index (χ4v) is 4.70. The lowest BCUT2D eigenvalue weighted by Gasteiger charge is -2.17. The van der Waals surface area contributed by atoms with Crippen molar-refractivity contribution in [1.82, 2.24) is 29.8 Å². The van der Waals surface area contributed by atoms with Crippen molar-refractivity contribution in [3.8, 4) is 24.2 Å². The van der Waals surface area contributed by atoms with E-state index in [1.54, 1.807) is 12.3 Å². The molecule has 2 fully saturated rings. The number of rotatable bonds is 4. The summed E-state index contributed by atoms with van der Waals surface area (Å²) in [7, 11) is 1.37. The number of fused-ring (bicyclic) bond motifs is 2. The lowest BCUT2D eigenvalue weighted by Crippen LogP contribution is -2.23. The number of terminal acetylenes is 1. The molecule has 5 heterocycles. The third kappa shape index (κ3) is 4.17. The van der Waals surface area contributed by atoms with Gasteiger partial charge in [0, 0.05) is 48.4 Å². The Balaban J connectivity index is 0.00000124. The number of aryl methyl sites for hydroxylation is 1. The Hall–Kier alpha value is -3.71. The highest BCUT2D eigenvalue weighted by molar-refractivity contribution is 5.97. The van der Waals surface area contributed by atoms with Gasteiger partial charge in [-0.2, -0.15) is 13.2 Å². The van der Waals surface area contributed by atoms with Gasteiger partial charge in [-0.3, -0.25) is 4.98 Å². The molecule has 0 spiro atoms. The standard InChI is InChI=1S/C23H22F3N7.C2H2/c1-33-18(23(24,25)26)8-15-14(5-7-29-22(15)33)20-31-17-11-28-10-16(12-2-3-12)19(17)21(32-20)30-13-4-6-27-9-13;1-2/h5,7-8,10-13,27H,2-4,6,9H2,1H3,(H,30,31,32);1-2H. The van der Waals surface area contributed by atoms with E-state index < -0.39 is 11.9 Å². The zero-order chi connectivity index (χ0) is 24.7. The molecule has 1 unspecified atom stereocenters. The van der Waals surface area contributed by atoms with Crippen LogP contribution in [0.2, 0.25) is 0 Å². The maximum atomic E-state index is 13.5. The number of pyridine rings is 2. The summed E-state index contributed by atoms with van der Waals surface area (Å²) >= 11 is 0. The van der Waals surface area contributed by atoms with E-state index in [1.165, 1.54) is 13.2 Å². The van der Waals surface area contributed by atoms with Gasteiger partial charge < -0.3 is 15.2 Å². The van der Waals surface area contributed by atoms with Gasteiger partial charge in [0.25, 0.3) is 0 Å². The van der Waals surface area contributed by atoms with Gasteiger partial charge in [-0.25, -0.2) is 15.0 Å². The largest absolute Gasteiger partial charge is 0.431 e. The molecule has 7 nitrogen and oxygen atoms in total. The first-order valence-electron chi connectivity index (χ1n) is 11.4. The molecule has 35 heavy (non-hydrogen) atoms. The number of hydrogen-bond acceptors (Lipinski definition) is 6. The number of anilines is 1. The monoisotopic (exact) mass is 479 g/mol. The van der Waals surface area contributed by atoms with Gasteiger partial charge in [0.1, 0.15) is 17.2 Å². The number of aromatic nitrogens is 5. The van der Waals surface area contributed by atoms with Gasteiger partial charge in [0.15, 0.2) is 5.82 Å². The zero-order valence-corrected chi connectivity index (χ0v) is 19.1. The zero-order valence-electron chi connectivity index (χ0n) is 19.1. The van der Waals surface area contributed by atoms with Gasteiger partial charge in [0.05, 0.1) is 11.7 Å². The highest BCUT2D eigenvalue weighted by Crippen LogP contribution is 2.44. The normalized spacial score (nSPS) is 17.9. The number of nitrogens with one attached hydrogen (secondary N) is 2. The molecule has 1 aliphatic carbocycles. The minimum absolute atomic E-state index is 0.224. The van der Waals surface area contributed by atoms with E-state index in [2.05, 4.69) is 33.4 Å². The second-order valence-electron chi connectivity index (χ2n) is 8.81. The van der Waals surface area contributed by atoms with Crippen LogP contribution in [0.1, 0.15) is 36.4 Å². The summed E-state index contributed by atoms with van der Waals surface area (Å²) in [6.07, 6.45) is 11.8. The minimum Gasteiger partial charge on any atom is -0.365 e. The van der Waals surface area contributed by atoms with E-state index >= 15 is 0 Å². The molecule has 0 bridgehead atoms. The molecule has 180 valence electrons. The van der Waals surface area contributed by atoms with Crippen LogP contribution in [0.25, 0.3) is 33.3 Å². The predicted molar refractivity (Wildman–Crippen MR) is 129 cm³/mol. The van der Waals surface area contributed by atoms with Crippen molar-refractivity contribution in [2.75, 3.05) is 18.4 Å². The van der Waals surface area contributed by atoms with Crippen molar-refractivity contribution in [2.45, 2.75) is 37.4 Å². The van der Waals surface area contributed by atoms with Gasteiger partial charge in [-0.1, -0.05) is 0 Å². The van der Waals surface area contributed by atoms with Crippen molar-refractivity contribution >= 4 is 27.8 Å².